The van der Waals surface area contributed by atoms with Crippen LogP contribution in [0.4, 0.5) is 0 Å². The van der Waals surface area contributed by atoms with Crippen LogP contribution in [0.2, 0.25) is 0 Å². The Kier molecular flexibility index (Phi) is 1.35. The van der Waals surface area contributed by atoms with Gasteiger partial charge in [0.15, 0.2) is 0 Å². The molecule has 1 aliphatic carbocycles. The van der Waals surface area contributed by atoms with Crippen LogP contribution in [0, 0.1) is 5.92 Å². The third-order valence-electron chi connectivity index (χ3n) is 1.66. The summed E-state index contributed by atoms with van der Waals surface area (Å²) in [6.45, 7) is 2.11. The van der Waals surface area contributed by atoms with Crippen LogP contribution >= 0.6 is 0 Å². The number of nitrogens with zero attached hydrogens (tertiary/aromatic N) is 2. The molecule has 0 bridgehead atoms. The molecule has 1 aliphatic rings. The molecule has 1 heterocycles. The number of hydrogen-bond donors (Lipinski definition) is 0. The average Bonchev–Trinajstić information content (AvgIpc) is 2.38. The predicted octanol–water partition coefficient (Wildman–Crippen LogP) is 1.75. The van der Waals surface area contributed by atoms with Gasteiger partial charge in [-0.2, -0.15) is 0 Å². The molecule has 56 valence electrons. The van der Waals surface area contributed by atoms with Crippen LogP contribution in [0.3, 0.4) is 0 Å². The molecule has 3 heteroatoms. The molecule has 1 aromatic rings. The Balaban J connectivity index is 2.48. The highest BCUT2D eigenvalue weighted by Crippen LogP contribution is 2.15. The summed E-state index contributed by atoms with van der Waals surface area (Å²) in [6, 6.07) is 0. The van der Waals surface area contributed by atoms with Gasteiger partial charge >= 0.3 is 0 Å². The molecule has 0 saturated carbocycles. The van der Waals surface area contributed by atoms with Crippen LogP contribution in [0.5, 0.6) is 0 Å². The van der Waals surface area contributed by atoms with Crippen molar-refractivity contribution in [1.82, 2.24) is 10.3 Å². The molecule has 0 aromatic carbocycles. The fraction of sp³-hybridized carbons (Fsp3) is 0.250. The molecule has 3 nitrogen and oxygen atoms in total. The van der Waals surface area contributed by atoms with E-state index in [9.17, 15) is 0 Å². The zero-order valence-corrected chi connectivity index (χ0v) is 6.19. The zero-order chi connectivity index (χ0) is 7.68. The topological polar surface area (TPSA) is 38.9 Å². The lowest BCUT2D eigenvalue weighted by Gasteiger charge is -1.90. The Labute approximate surface area is 64.4 Å². The van der Waals surface area contributed by atoms with Gasteiger partial charge in [0.05, 0.1) is 0 Å². The third kappa shape index (κ3) is 1.09. The Morgan fingerprint density at radius 2 is 1.73 bits per heavy atom. The van der Waals surface area contributed by atoms with E-state index >= 15 is 0 Å². The molecule has 0 aliphatic heterocycles. The maximum atomic E-state index is 4.56. The van der Waals surface area contributed by atoms with Crippen molar-refractivity contribution in [2.24, 2.45) is 5.92 Å². The van der Waals surface area contributed by atoms with Gasteiger partial charge < -0.3 is 0 Å². The van der Waals surface area contributed by atoms with Crippen molar-refractivity contribution in [1.29, 1.82) is 0 Å². The first-order chi connectivity index (χ1) is 5.36. The Morgan fingerprint density at radius 1 is 1.18 bits per heavy atom. The van der Waals surface area contributed by atoms with Gasteiger partial charge in [-0.25, -0.2) is 4.63 Å². The summed E-state index contributed by atoms with van der Waals surface area (Å²) in [5.41, 5.74) is 1.62. The van der Waals surface area contributed by atoms with Crippen molar-refractivity contribution in [3.05, 3.63) is 23.5 Å². The van der Waals surface area contributed by atoms with E-state index < -0.39 is 0 Å². The fourth-order valence-corrected chi connectivity index (χ4v) is 0.984. The normalized spacial score (nSPS) is 16.5. The van der Waals surface area contributed by atoms with Crippen LogP contribution in [0.25, 0.3) is 12.2 Å². The van der Waals surface area contributed by atoms with Crippen molar-refractivity contribution in [2.75, 3.05) is 0 Å². The molecule has 11 heavy (non-hydrogen) atoms. The number of rotatable bonds is 0. The average molecular weight is 148 g/mol. The van der Waals surface area contributed by atoms with Gasteiger partial charge in [0, 0.05) is 0 Å². The highest BCUT2D eigenvalue weighted by Gasteiger charge is 2.06. The van der Waals surface area contributed by atoms with E-state index in [-0.39, 0.29) is 0 Å². The largest absolute Gasteiger partial charge is 0.243 e. The minimum Gasteiger partial charge on any atom is -0.243 e. The minimum atomic E-state index is 0.450. The summed E-state index contributed by atoms with van der Waals surface area (Å²) in [4.78, 5) is 0. The predicted molar refractivity (Wildman–Crippen MR) is 41.5 cm³/mol. The Morgan fingerprint density at radius 3 is 2.27 bits per heavy atom. The van der Waals surface area contributed by atoms with Crippen LogP contribution in [0.15, 0.2) is 16.8 Å². The van der Waals surface area contributed by atoms with Crippen molar-refractivity contribution >= 4 is 12.2 Å². The number of allylic oxidation sites excluding steroid dienone is 2. The van der Waals surface area contributed by atoms with Crippen LogP contribution in [-0.2, 0) is 0 Å². The molecule has 0 radical (unpaired) electrons. The van der Waals surface area contributed by atoms with Crippen molar-refractivity contribution in [3.8, 4) is 0 Å². The fourth-order valence-electron chi connectivity index (χ4n) is 0.984. The highest BCUT2D eigenvalue weighted by molar-refractivity contribution is 5.61. The SMILES string of the molecule is CC1C=Cc2nonc2C=C1. The van der Waals surface area contributed by atoms with E-state index in [1.165, 1.54) is 0 Å². The van der Waals surface area contributed by atoms with Gasteiger partial charge in [0.1, 0.15) is 11.4 Å². The van der Waals surface area contributed by atoms with Crippen LogP contribution in [-0.4, -0.2) is 10.3 Å². The first-order valence-electron chi connectivity index (χ1n) is 3.55. The van der Waals surface area contributed by atoms with Crippen LogP contribution < -0.4 is 0 Å². The lowest BCUT2D eigenvalue weighted by molar-refractivity contribution is 0.305. The van der Waals surface area contributed by atoms with E-state index in [1.807, 2.05) is 12.2 Å². The molecular weight excluding hydrogens is 140 g/mol. The summed E-state index contributed by atoms with van der Waals surface area (Å²) >= 11 is 0. The van der Waals surface area contributed by atoms with Crippen LogP contribution in [0.1, 0.15) is 18.3 Å². The molecule has 2 rings (SSSR count). The Bertz CT molecular complexity index is 283. The number of hydrogen-bond acceptors (Lipinski definition) is 3. The lowest BCUT2D eigenvalue weighted by Crippen LogP contribution is -1.77. The van der Waals surface area contributed by atoms with Gasteiger partial charge in [-0.05, 0) is 28.4 Å². The summed E-state index contributed by atoms with van der Waals surface area (Å²) in [5, 5.41) is 7.45. The van der Waals surface area contributed by atoms with Gasteiger partial charge in [0.2, 0.25) is 0 Å². The molecule has 0 N–H and O–H groups in total. The molecule has 0 saturated heterocycles. The van der Waals surface area contributed by atoms with Gasteiger partial charge in [-0.1, -0.05) is 19.1 Å². The zero-order valence-electron chi connectivity index (χ0n) is 6.19. The second-order valence-electron chi connectivity index (χ2n) is 2.61. The molecule has 1 aromatic heterocycles. The van der Waals surface area contributed by atoms with Crippen molar-refractivity contribution in [3.63, 3.8) is 0 Å². The highest BCUT2D eigenvalue weighted by atomic mass is 16.6. The van der Waals surface area contributed by atoms with Gasteiger partial charge in [-0.3, -0.25) is 0 Å². The Hall–Kier alpha value is -1.38. The molecule has 0 spiro atoms. The van der Waals surface area contributed by atoms with E-state index in [0.29, 0.717) is 5.92 Å². The van der Waals surface area contributed by atoms with E-state index in [0.717, 1.165) is 11.4 Å². The lowest BCUT2D eigenvalue weighted by atomic mass is 10.2. The summed E-state index contributed by atoms with van der Waals surface area (Å²) < 4.78 is 4.56. The summed E-state index contributed by atoms with van der Waals surface area (Å²) in [6.07, 6.45) is 7.98. The first-order valence-corrected chi connectivity index (χ1v) is 3.55. The molecule has 0 atom stereocenters. The second-order valence-corrected chi connectivity index (χ2v) is 2.61. The maximum absolute atomic E-state index is 4.56. The van der Waals surface area contributed by atoms with Crippen molar-refractivity contribution in [2.45, 2.75) is 6.92 Å². The van der Waals surface area contributed by atoms with E-state index in [4.69, 9.17) is 0 Å². The maximum Gasteiger partial charge on any atom is 0.134 e. The molecular formula is C8H8N2O. The smallest absolute Gasteiger partial charge is 0.134 e. The quantitative estimate of drug-likeness (QED) is 0.562. The monoisotopic (exact) mass is 148 g/mol. The van der Waals surface area contributed by atoms with Gasteiger partial charge in [-0.15, -0.1) is 0 Å². The van der Waals surface area contributed by atoms with Gasteiger partial charge in [0.25, 0.3) is 0 Å². The summed E-state index contributed by atoms with van der Waals surface area (Å²) in [7, 11) is 0. The molecule has 0 fully saturated rings. The van der Waals surface area contributed by atoms with Crippen molar-refractivity contribution < 1.29 is 4.63 Å². The number of aromatic nitrogens is 2. The third-order valence-corrected chi connectivity index (χ3v) is 1.66. The molecule has 0 amide bonds. The minimum absolute atomic E-state index is 0.450. The number of fused-ring (bicyclic) bond motifs is 1. The van der Waals surface area contributed by atoms with E-state index in [1.54, 1.807) is 0 Å². The standard InChI is InChI=1S/C8H8N2O/c1-6-2-4-7-8(5-3-6)10-11-9-7/h2-6H,1H3. The van der Waals surface area contributed by atoms with E-state index in [2.05, 4.69) is 34.0 Å². The first kappa shape index (κ1) is 6.34. The summed E-state index contributed by atoms with van der Waals surface area (Å²) in [5.74, 6) is 0.450. The molecule has 0 unspecified atom stereocenters. The second kappa shape index (κ2) is 2.34.